The van der Waals surface area contributed by atoms with Crippen LogP contribution in [-0.2, 0) is 3.08 Å². The van der Waals surface area contributed by atoms with Gasteiger partial charge in [-0.25, -0.2) is 0 Å². The van der Waals surface area contributed by atoms with E-state index in [9.17, 15) is 23.3 Å². The van der Waals surface area contributed by atoms with Crippen LogP contribution in [0.2, 0.25) is 0 Å². The Labute approximate surface area is 50.4 Å². The zero-order valence-corrected chi connectivity index (χ0v) is 6.29. The van der Waals surface area contributed by atoms with Crippen molar-refractivity contribution in [2.45, 2.75) is 0 Å². The number of hydrogen-bond acceptors (Lipinski definition) is 5. The Hall–Kier alpha value is -0.601. The van der Waals surface area contributed by atoms with Crippen molar-refractivity contribution in [2.75, 3.05) is 0 Å². The van der Waals surface area contributed by atoms with E-state index in [-0.39, 0.29) is 0 Å². The molecule has 0 heterocycles. The minimum absolute atomic E-state index is 1.32. The van der Waals surface area contributed by atoms with Gasteiger partial charge in [-0.3, -0.25) is 0 Å². The van der Waals surface area contributed by atoms with Gasteiger partial charge < -0.3 is 0 Å². The average Bonchev–Trinajstić information content (AvgIpc) is 1.64. The molecule has 0 saturated carbocycles. The van der Waals surface area contributed by atoms with Crippen LogP contribution in [-0.4, -0.2) is 26.6 Å². The molecule has 0 aromatic heterocycles. The molecule has 0 bridgehead atoms. The molecule has 0 aromatic carbocycles. The number of nitro groups is 2. The predicted octanol–water partition coefficient (Wildman–Crippen LogP) is -1.04. The predicted molar refractivity (Wildman–Crippen MR) is 20.4 cm³/mol. The van der Waals surface area contributed by atoms with Crippen molar-refractivity contribution in [2.24, 2.45) is 0 Å². The first-order valence-electron chi connectivity index (χ1n) is 1.38. The molecule has 0 aliphatic heterocycles. The number of nitrogens with zero attached hydrogens (tertiary/aromatic N) is 2. The van der Waals surface area contributed by atoms with Gasteiger partial charge in [0.15, 0.2) is 0 Å². The third-order valence-corrected chi connectivity index (χ3v) is 2.10. The van der Waals surface area contributed by atoms with Crippen LogP contribution < -0.4 is 0 Å². The van der Waals surface area contributed by atoms with E-state index in [2.05, 4.69) is 0 Å². The second-order valence-electron chi connectivity index (χ2n) is 0.797. The van der Waals surface area contributed by atoms with E-state index in [4.69, 9.17) is 0 Å². The van der Waals surface area contributed by atoms with Crippen LogP contribution in [0.3, 0.4) is 0 Å². The first-order chi connectivity index (χ1) is 3.55. The molecule has 0 aromatic rings. The summed E-state index contributed by atoms with van der Waals surface area (Å²) in [6, 6.07) is 0. The summed E-state index contributed by atoms with van der Waals surface area (Å²) >= 11 is -4.66. The van der Waals surface area contributed by atoms with Crippen molar-refractivity contribution >= 4 is 20.3 Å². The van der Waals surface area contributed by atoms with Gasteiger partial charge in [-0.2, -0.15) is 0 Å². The van der Waals surface area contributed by atoms with Gasteiger partial charge in [0.25, 0.3) is 0 Å². The Morgan fingerprint density at radius 3 is 1.38 bits per heavy atom. The Kier molecular flexibility index (Phi) is 2.45. The molecule has 0 radical (unpaired) electrons. The summed E-state index contributed by atoms with van der Waals surface area (Å²) in [5, 5.41) is 18.6. The van der Waals surface area contributed by atoms with Gasteiger partial charge in [-0.05, 0) is 0 Å². The number of rotatable bonds is 2. The average molecular weight is 227 g/mol. The molecule has 44 valence electrons. The minimum atomic E-state index is -4.66. The van der Waals surface area contributed by atoms with Crippen LogP contribution in [0.4, 0.5) is 0 Å². The maximum atomic E-state index is 9.72. The normalized spacial score (nSPS) is 8.00. The fourth-order valence-electron chi connectivity index (χ4n) is 0.0667. The Morgan fingerprint density at radius 1 is 1.12 bits per heavy atom. The summed E-state index contributed by atoms with van der Waals surface area (Å²) < 4.78 is 7.09. The summed E-state index contributed by atoms with van der Waals surface area (Å²) in [4.78, 5) is 18.6. The molecule has 0 saturated heterocycles. The van der Waals surface area contributed by atoms with Crippen LogP contribution >= 0.6 is 0 Å². The van der Waals surface area contributed by atoms with Gasteiger partial charge >= 0.3 is 49.9 Å². The first-order valence-corrected chi connectivity index (χ1v) is 5.10. The SMILES string of the molecule is O=[N+]([O-])[Sn](=[O])[N+](=O)[O-]. The van der Waals surface area contributed by atoms with Crippen molar-refractivity contribution in [3.05, 3.63) is 20.2 Å². The van der Waals surface area contributed by atoms with Gasteiger partial charge in [0.05, 0.1) is 0 Å². The van der Waals surface area contributed by atoms with Gasteiger partial charge in [-0.1, -0.05) is 0 Å². The summed E-state index contributed by atoms with van der Waals surface area (Å²) in [5.41, 5.74) is 0. The third-order valence-electron chi connectivity index (χ3n) is 0.312. The molecular formula is N2O5Sn. The van der Waals surface area contributed by atoms with Crippen LogP contribution in [0.15, 0.2) is 0 Å². The molecule has 0 atom stereocenters. The molecule has 0 rings (SSSR count). The molecule has 0 amide bonds. The molecule has 0 fully saturated rings. The topological polar surface area (TPSA) is 103 Å². The second-order valence-corrected chi connectivity index (χ2v) is 4.49. The Morgan fingerprint density at radius 2 is 1.38 bits per heavy atom. The van der Waals surface area contributed by atoms with E-state index in [1.54, 1.807) is 0 Å². The fraction of sp³-hybridized carbons (Fsp3) is 0. The molecule has 7 nitrogen and oxygen atoms in total. The third kappa shape index (κ3) is 1.91. The van der Waals surface area contributed by atoms with Crippen molar-refractivity contribution in [1.82, 2.24) is 0 Å². The quantitative estimate of drug-likeness (QED) is 0.340. The van der Waals surface area contributed by atoms with Crippen molar-refractivity contribution in [1.29, 1.82) is 0 Å². The van der Waals surface area contributed by atoms with E-state index < -0.39 is 26.6 Å². The molecule has 0 aliphatic rings. The summed E-state index contributed by atoms with van der Waals surface area (Å²) in [6.45, 7) is 0. The molecule has 0 spiro atoms. The number of hydrogen-bond donors (Lipinski definition) is 0. The summed E-state index contributed by atoms with van der Waals surface area (Å²) in [7, 11) is 0. The van der Waals surface area contributed by atoms with E-state index in [0.29, 0.717) is 0 Å². The second kappa shape index (κ2) is 2.64. The van der Waals surface area contributed by atoms with E-state index in [1.807, 2.05) is 0 Å². The van der Waals surface area contributed by atoms with E-state index in [1.165, 1.54) is 0 Å². The van der Waals surface area contributed by atoms with Gasteiger partial charge in [-0.15, -0.1) is 0 Å². The van der Waals surface area contributed by atoms with Crippen LogP contribution in [0.1, 0.15) is 0 Å². The van der Waals surface area contributed by atoms with Crippen LogP contribution in [0.25, 0.3) is 0 Å². The van der Waals surface area contributed by atoms with Crippen LogP contribution in [0.5, 0.6) is 0 Å². The summed E-state index contributed by atoms with van der Waals surface area (Å²) in [6.07, 6.45) is 0. The molecule has 0 unspecified atom stereocenters. The van der Waals surface area contributed by atoms with Crippen molar-refractivity contribution in [3.8, 4) is 0 Å². The maximum absolute atomic E-state index is 9.72. The van der Waals surface area contributed by atoms with Gasteiger partial charge in [0.1, 0.15) is 0 Å². The fourth-order valence-corrected chi connectivity index (χ4v) is 0.447. The van der Waals surface area contributed by atoms with Crippen LogP contribution in [0, 0.1) is 20.2 Å². The Bertz CT molecular complexity index is 133. The van der Waals surface area contributed by atoms with E-state index >= 15 is 0 Å². The first kappa shape index (κ1) is 7.40. The molecule has 8 heavy (non-hydrogen) atoms. The van der Waals surface area contributed by atoms with E-state index in [0.717, 1.165) is 0 Å². The summed E-state index contributed by atoms with van der Waals surface area (Å²) in [5.74, 6) is 0. The van der Waals surface area contributed by atoms with Gasteiger partial charge in [0, 0.05) is 0 Å². The standard InChI is InChI=1S/2NO2.O.Sn/c2*2-1-3;;. The molecule has 0 aliphatic carbocycles. The monoisotopic (exact) mass is 228 g/mol. The molecule has 8 heteroatoms. The Balaban J connectivity index is 4.05. The molecular weight excluding hydrogens is 227 g/mol. The molecule has 0 N–H and O–H groups in total. The van der Waals surface area contributed by atoms with Crippen molar-refractivity contribution in [3.63, 3.8) is 0 Å². The zero-order chi connectivity index (χ0) is 6.73. The van der Waals surface area contributed by atoms with Gasteiger partial charge in [0.2, 0.25) is 0 Å². The van der Waals surface area contributed by atoms with Crippen molar-refractivity contribution < 1.29 is 9.37 Å². The zero-order valence-electron chi connectivity index (χ0n) is 3.44.